The number of amides is 1. The fraction of sp³-hybridized carbons (Fsp3) is 0.567. The lowest BCUT2D eigenvalue weighted by atomic mass is 9.73. The number of aliphatic hydroxyl groups excluding tert-OH is 1. The Morgan fingerprint density at radius 3 is 2.71 bits per heavy atom. The highest BCUT2D eigenvalue weighted by Crippen LogP contribution is 2.47. The number of methoxy groups -OCH3 is 1. The Kier molecular flexibility index (Phi) is 9.71. The molecule has 0 spiro atoms. The number of carbonyl (C=O) groups is 1. The molecule has 1 aliphatic carbocycles. The predicted molar refractivity (Wildman–Crippen MR) is 148 cm³/mol. The highest BCUT2D eigenvalue weighted by molar-refractivity contribution is 6.32. The second-order valence-corrected chi connectivity index (χ2v) is 11.3. The summed E-state index contributed by atoms with van der Waals surface area (Å²) < 4.78 is 11.6. The maximum Gasteiger partial charge on any atom is 0.225 e. The SMILES string of the molecule is COCCCCC(O)(c1cccc(Cl)c1Oc1cccc(C)c1)[C@@H]1CCCN(C(=O)[C@H]2C[C@@H](N)[C@@H](O)C2)C1. The van der Waals surface area contributed by atoms with Gasteiger partial charge < -0.3 is 30.3 Å². The number of aryl methyl sites for hydroxylation is 1. The summed E-state index contributed by atoms with van der Waals surface area (Å²) in [5.74, 6) is 0.631. The zero-order valence-electron chi connectivity index (χ0n) is 22.4. The summed E-state index contributed by atoms with van der Waals surface area (Å²) in [5.41, 5.74) is 6.43. The van der Waals surface area contributed by atoms with E-state index >= 15 is 0 Å². The molecule has 2 aromatic rings. The molecule has 208 valence electrons. The number of carbonyl (C=O) groups excluding carboxylic acids is 1. The Morgan fingerprint density at radius 2 is 2.00 bits per heavy atom. The summed E-state index contributed by atoms with van der Waals surface area (Å²) in [5, 5.41) is 23.1. The number of hydrogen-bond acceptors (Lipinski definition) is 6. The van der Waals surface area contributed by atoms with Gasteiger partial charge >= 0.3 is 0 Å². The van der Waals surface area contributed by atoms with Gasteiger partial charge in [-0.05, 0) is 75.6 Å². The molecule has 5 atom stereocenters. The molecule has 7 nitrogen and oxygen atoms in total. The van der Waals surface area contributed by atoms with Crippen LogP contribution in [-0.2, 0) is 15.1 Å². The van der Waals surface area contributed by atoms with Crippen molar-refractivity contribution in [2.75, 3.05) is 26.8 Å². The second-order valence-electron chi connectivity index (χ2n) is 10.9. The summed E-state index contributed by atoms with van der Waals surface area (Å²) in [7, 11) is 1.67. The largest absolute Gasteiger partial charge is 0.455 e. The van der Waals surface area contributed by atoms with Crippen molar-refractivity contribution < 1.29 is 24.5 Å². The normalized spacial score (nSPS) is 25.3. The number of rotatable bonds is 10. The highest BCUT2D eigenvalue weighted by atomic mass is 35.5. The lowest BCUT2D eigenvalue weighted by molar-refractivity contribution is -0.141. The first-order valence-electron chi connectivity index (χ1n) is 13.7. The van der Waals surface area contributed by atoms with E-state index in [1.165, 1.54) is 0 Å². The van der Waals surface area contributed by atoms with E-state index in [1.807, 2.05) is 48.2 Å². The standard InChI is InChI=1S/C30H41ClN2O5/c1-20-8-5-10-23(16-20)38-28-24(11-6-12-25(28)31)30(36,13-3-4-15-37-2)22-9-7-14-33(19-22)29(35)21-17-26(32)27(34)18-21/h5-6,8,10-12,16,21-22,26-27,34,36H,3-4,7,9,13-15,17-19,32H2,1-2H3/t21-,22+,26+,27-,30?/m0/s1. The number of para-hydroxylation sites is 1. The number of aliphatic hydroxyl groups is 2. The van der Waals surface area contributed by atoms with E-state index in [9.17, 15) is 15.0 Å². The van der Waals surface area contributed by atoms with Crippen LogP contribution in [0.25, 0.3) is 0 Å². The first kappa shape index (κ1) is 28.8. The summed E-state index contributed by atoms with van der Waals surface area (Å²) in [6.45, 7) is 3.67. The van der Waals surface area contributed by atoms with Gasteiger partial charge in [0.1, 0.15) is 5.75 Å². The number of likely N-dealkylation sites (tertiary alicyclic amines) is 1. The lowest BCUT2D eigenvalue weighted by Crippen LogP contribution is -2.49. The van der Waals surface area contributed by atoms with E-state index in [0.717, 1.165) is 31.2 Å². The van der Waals surface area contributed by atoms with Gasteiger partial charge in [-0.3, -0.25) is 4.79 Å². The number of nitrogens with zero attached hydrogens (tertiary/aromatic N) is 1. The van der Waals surface area contributed by atoms with Crippen molar-refractivity contribution in [2.45, 2.75) is 69.6 Å². The van der Waals surface area contributed by atoms with Crippen LogP contribution in [0.3, 0.4) is 0 Å². The number of halogens is 1. The fourth-order valence-corrected chi connectivity index (χ4v) is 6.24. The summed E-state index contributed by atoms with van der Waals surface area (Å²) in [6.07, 6.45) is 3.84. The number of piperidine rings is 1. The number of hydrogen-bond donors (Lipinski definition) is 3. The van der Waals surface area contributed by atoms with Gasteiger partial charge in [-0.2, -0.15) is 0 Å². The third-order valence-corrected chi connectivity index (χ3v) is 8.43. The Hall–Kier alpha value is -2.16. The molecule has 2 fully saturated rings. The Balaban J connectivity index is 1.64. The van der Waals surface area contributed by atoms with E-state index in [0.29, 0.717) is 61.0 Å². The smallest absolute Gasteiger partial charge is 0.225 e. The van der Waals surface area contributed by atoms with Crippen molar-refractivity contribution in [3.8, 4) is 11.5 Å². The van der Waals surface area contributed by atoms with Crippen molar-refractivity contribution in [2.24, 2.45) is 17.6 Å². The number of benzene rings is 2. The molecule has 1 aliphatic heterocycles. The summed E-state index contributed by atoms with van der Waals surface area (Å²) in [4.78, 5) is 15.3. The number of ether oxygens (including phenoxy) is 2. The molecule has 8 heteroatoms. The Morgan fingerprint density at radius 1 is 1.21 bits per heavy atom. The van der Waals surface area contributed by atoms with Crippen molar-refractivity contribution in [3.63, 3.8) is 0 Å². The van der Waals surface area contributed by atoms with Crippen LogP contribution in [0.5, 0.6) is 11.5 Å². The van der Waals surface area contributed by atoms with E-state index < -0.39 is 11.7 Å². The third-order valence-electron chi connectivity index (χ3n) is 8.13. The maximum atomic E-state index is 13.4. The van der Waals surface area contributed by atoms with Crippen molar-refractivity contribution in [1.82, 2.24) is 4.90 Å². The van der Waals surface area contributed by atoms with Crippen LogP contribution in [0.4, 0.5) is 0 Å². The molecule has 4 rings (SSSR count). The predicted octanol–water partition coefficient (Wildman–Crippen LogP) is 4.78. The van der Waals surface area contributed by atoms with Gasteiger partial charge in [-0.1, -0.05) is 35.9 Å². The van der Waals surface area contributed by atoms with Gasteiger partial charge in [0.2, 0.25) is 5.91 Å². The summed E-state index contributed by atoms with van der Waals surface area (Å²) >= 11 is 6.68. The molecule has 1 heterocycles. The lowest BCUT2D eigenvalue weighted by Gasteiger charge is -2.44. The summed E-state index contributed by atoms with van der Waals surface area (Å²) in [6, 6.07) is 12.9. The molecule has 1 unspecified atom stereocenters. The van der Waals surface area contributed by atoms with Crippen LogP contribution in [-0.4, -0.2) is 60.0 Å². The quantitative estimate of drug-likeness (QED) is 0.372. The topological polar surface area (TPSA) is 105 Å². The van der Waals surface area contributed by atoms with E-state index in [2.05, 4.69) is 0 Å². The molecule has 38 heavy (non-hydrogen) atoms. The van der Waals surface area contributed by atoms with Crippen LogP contribution in [0.1, 0.15) is 56.1 Å². The van der Waals surface area contributed by atoms with Crippen LogP contribution in [0, 0.1) is 18.8 Å². The monoisotopic (exact) mass is 544 g/mol. The second kappa shape index (κ2) is 12.8. The Labute approximate surface area is 230 Å². The first-order chi connectivity index (χ1) is 18.2. The molecule has 2 aromatic carbocycles. The number of unbranched alkanes of at least 4 members (excludes halogenated alkanes) is 1. The minimum Gasteiger partial charge on any atom is -0.455 e. The Bertz CT molecular complexity index is 1090. The molecule has 1 saturated carbocycles. The molecular formula is C30H41ClN2O5. The third kappa shape index (κ3) is 6.52. The van der Waals surface area contributed by atoms with Gasteiger partial charge in [0, 0.05) is 50.2 Å². The van der Waals surface area contributed by atoms with Gasteiger partial charge in [-0.15, -0.1) is 0 Å². The van der Waals surface area contributed by atoms with Crippen molar-refractivity contribution in [3.05, 3.63) is 58.6 Å². The highest BCUT2D eigenvalue weighted by Gasteiger charge is 2.45. The van der Waals surface area contributed by atoms with Gasteiger partial charge in [0.15, 0.2) is 5.75 Å². The molecule has 1 saturated heterocycles. The van der Waals surface area contributed by atoms with Gasteiger partial charge in [0.05, 0.1) is 16.7 Å². The molecule has 0 radical (unpaired) electrons. The molecule has 4 N–H and O–H groups in total. The molecule has 0 aromatic heterocycles. The zero-order valence-corrected chi connectivity index (χ0v) is 23.2. The van der Waals surface area contributed by atoms with Crippen LogP contribution < -0.4 is 10.5 Å². The van der Waals surface area contributed by atoms with E-state index in [-0.39, 0.29) is 23.8 Å². The number of nitrogens with two attached hydrogens (primary N) is 1. The first-order valence-corrected chi connectivity index (χ1v) is 14.1. The average molecular weight is 545 g/mol. The molecule has 1 amide bonds. The van der Waals surface area contributed by atoms with Crippen molar-refractivity contribution >= 4 is 17.5 Å². The minimum absolute atomic E-state index is 0.0192. The molecule has 2 aliphatic rings. The van der Waals surface area contributed by atoms with E-state index in [4.69, 9.17) is 26.8 Å². The fourth-order valence-electron chi connectivity index (χ4n) is 6.02. The molecular weight excluding hydrogens is 504 g/mol. The minimum atomic E-state index is -1.26. The van der Waals surface area contributed by atoms with E-state index in [1.54, 1.807) is 13.2 Å². The maximum absolute atomic E-state index is 13.4. The van der Waals surface area contributed by atoms with Gasteiger partial charge in [-0.25, -0.2) is 0 Å². The molecule has 0 bridgehead atoms. The van der Waals surface area contributed by atoms with Crippen LogP contribution in [0.15, 0.2) is 42.5 Å². The van der Waals surface area contributed by atoms with Crippen molar-refractivity contribution in [1.29, 1.82) is 0 Å². The van der Waals surface area contributed by atoms with Gasteiger partial charge in [0.25, 0.3) is 0 Å². The van der Waals surface area contributed by atoms with Crippen LogP contribution >= 0.6 is 11.6 Å². The average Bonchev–Trinajstić information content (AvgIpc) is 3.25. The zero-order chi connectivity index (χ0) is 27.3. The van der Waals surface area contributed by atoms with Crippen LogP contribution in [0.2, 0.25) is 5.02 Å².